The number of rotatable bonds is 8. The van der Waals surface area contributed by atoms with Crippen molar-refractivity contribution in [2.75, 3.05) is 43.6 Å². The van der Waals surface area contributed by atoms with Gasteiger partial charge in [-0.25, -0.2) is 8.78 Å². The molecule has 2 aliphatic heterocycles. The number of fused-ring (bicyclic) bond motifs is 1. The summed E-state index contributed by atoms with van der Waals surface area (Å²) in [5.41, 5.74) is 2.85. The van der Waals surface area contributed by atoms with Gasteiger partial charge in [-0.15, -0.1) is 13.2 Å². The van der Waals surface area contributed by atoms with Crippen molar-refractivity contribution in [3.05, 3.63) is 83.4 Å². The molecular weight excluding hydrogens is 533 g/mol. The molecule has 1 spiro atoms. The van der Waals surface area contributed by atoms with Crippen LogP contribution in [0.15, 0.2) is 60.7 Å². The molecule has 6 nitrogen and oxygen atoms in total. The van der Waals surface area contributed by atoms with E-state index in [0.29, 0.717) is 63.5 Å². The topological polar surface area (TPSA) is 46.2 Å². The first-order valence-electron chi connectivity index (χ1n) is 13.0. The van der Waals surface area contributed by atoms with E-state index in [1.54, 1.807) is 25.3 Å². The number of halogens is 5. The third kappa shape index (κ3) is 6.42. The average Bonchev–Trinajstić information content (AvgIpc) is 2.91. The molecule has 0 radical (unpaired) electrons. The van der Waals surface area contributed by atoms with Crippen LogP contribution in [-0.4, -0.2) is 50.3 Å². The molecule has 214 valence electrons. The molecule has 0 saturated carbocycles. The summed E-state index contributed by atoms with van der Waals surface area (Å²) in [4.78, 5) is 4.35. The zero-order valence-corrected chi connectivity index (χ0v) is 21.9. The number of nitrogens with one attached hydrogen (secondary N) is 1. The normalized spacial score (nSPS) is 16.9. The molecule has 1 saturated heterocycles. The number of benzene rings is 3. The monoisotopic (exact) mass is 563 g/mol. The number of anilines is 2. The molecule has 0 bridgehead atoms. The first-order chi connectivity index (χ1) is 19.1. The van der Waals surface area contributed by atoms with Gasteiger partial charge in [-0.05, 0) is 53.6 Å². The van der Waals surface area contributed by atoms with Crippen molar-refractivity contribution in [1.82, 2.24) is 4.90 Å². The molecule has 1 N–H and O–H groups in total. The molecule has 1 fully saturated rings. The number of nitrogens with zero attached hydrogens (tertiary/aromatic N) is 2. The van der Waals surface area contributed by atoms with E-state index in [2.05, 4.69) is 19.9 Å². The van der Waals surface area contributed by atoms with E-state index in [4.69, 9.17) is 9.47 Å². The Morgan fingerprint density at radius 3 is 2.27 bits per heavy atom. The Morgan fingerprint density at radius 2 is 1.60 bits per heavy atom. The Labute approximate surface area is 229 Å². The fourth-order valence-electron chi connectivity index (χ4n) is 5.32. The molecule has 3 aromatic carbocycles. The van der Waals surface area contributed by atoms with Gasteiger partial charge in [0.05, 0.1) is 6.61 Å². The highest BCUT2D eigenvalue weighted by atomic mass is 19.4. The maximum Gasteiger partial charge on any atom is 0.573 e. The smallest absolute Gasteiger partial charge is 0.491 e. The van der Waals surface area contributed by atoms with E-state index in [1.165, 1.54) is 18.2 Å². The molecule has 0 atom stereocenters. The van der Waals surface area contributed by atoms with Crippen LogP contribution in [0.5, 0.6) is 11.5 Å². The molecule has 0 unspecified atom stereocenters. The summed E-state index contributed by atoms with van der Waals surface area (Å²) in [7, 11) is 1.61. The maximum atomic E-state index is 13.7. The quantitative estimate of drug-likeness (QED) is 0.256. The van der Waals surface area contributed by atoms with Crippen molar-refractivity contribution in [1.29, 1.82) is 0 Å². The third-order valence-corrected chi connectivity index (χ3v) is 7.31. The molecule has 40 heavy (non-hydrogen) atoms. The van der Waals surface area contributed by atoms with Crippen LogP contribution in [0.25, 0.3) is 0 Å². The van der Waals surface area contributed by atoms with Crippen LogP contribution < -0.4 is 19.7 Å². The minimum Gasteiger partial charge on any atom is -0.491 e. The van der Waals surface area contributed by atoms with E-state index in [9.17, 15) is 22.0 Å². The van der Waals surface area contributed by atoms with Gasteiger partial charge in [0.25, 0.3) is 0 Å². The highest BCUT2D eigenvalue weighted by molar-refractivity contribution is 5.65. The number of likely N-dealkylation sites (tertiary alicyclic amines) is 1. The lowest BCUT2D eigenvalue weighted by molar-refractivity contribution is -0.274. The second-order valence-electron chi connectivity index (χ2n) is 9.97. The Hall–Kier alpha value is -3.57. The summed E-state index contributed by atoms with van der Waals surface area (Å²) in [6.07, 6.45) is -3.42. The number of ether oxygens (including phenoxy) is 3. The minimum absolute atomic E-state index is 0.283. The van der Waals surface area contributed by atoms with Gasteiger partial charge in [0, 0.05) is 63.6 Å². The molecular formula is C29H30F5N3O3. The standard InChI is InChI=1S/C29H30F5N3O3/c1-38-14-15-39-24-6-3-21-19-37(22-4-7-23(8-5-22)40-29(32,33)34)28(35-27(21)17-24)10-12-36(13-11-28)18-20-2-9-25(30)26(31)16-20/h2-9,16-17,35H,10-15,18-19H2,1H3. The van der Waals surface area contributed by atoms with Gasteiger partial charge in [0.2, 0.25) is 0 Å². The van der Waals surface area contributed by atoms with Gasteiger partial charge >= 0.3 is 6.36 Å². The Balaban J connectivity index is 1.38. The van der Waals surface area contributed by atoms with Crippen molar-refractivity contribution >= 4 is 11.4 Å². The lowest BCUT2D eigenvalue weighted by atomic mass is 9.89. The van der Waals surface area contributed by atoms with E-state index in [1.807, 2.05) is 18.2 Å². The van der Waals surface area contributed by atoms with Crippen molar-refractivity contribution in [2.24, 2.45) is 0 Å². The predicted octanol–water partition coefficient (Wildman–Crippen LogP) is 6.31. The summed E-state index contributed by atoms with van der Waals surface area (Å²) in [6.45, 7) is 3.21. The molecule has 0 aliphatic carbocycles. The first-order valence-corrected chi connectivity index (χ1v) is 13.0. The molecule has 2 aliphatic rings. The summed E-state index contributed by atoms with van der Waals surface area (Å²) in [5.74, 6) is -1.32. The Bertz CT molecular complexity index is 1310. The van der Waals surface area contributed by atoms with E-state index < -0.39 is 23.7 Å². The van der Waals surface area contributed by atoms with Crippen LogP contribution in [0.1, 0.15) is 24.0 Å². The Morgan fingerprint density at radius 1 is 0.875 bits per heavy atom. The second kappa shape index (κ2) is 11.5. The Kier molecular flexibility index (Phi) is 8.04. The molecule has 2 heterocycles. The number of piperidine rings is 1. The zero-order valence-electron chi connectivity index (χ0n) is 21.9. The number of hydrogen-bond donors (Lipinski definition) is 1. The summed E-state index contributed by atoms with van der Waals surface area (Å²) >= 11 is 0. The van der Waals surface area contributed by atoms with E-state index >= 15 is 0 Å². The third-order valence-electron chi connectivity index (χ3n) is 7.31. The summed E-state index contributed by atoms with van der Waals surface area (Å²) < 4.78 is 80.2. The van der Waals surface area contributed by atoms with Gasteiger partial charge in [-0.3, -0.25) is 4.90 Å². The van der Waals surface area contributed by atoms with E-state index in [0.717, 1.165) is 23.0 Å². The minimum atomic E-state index is -4.77. The fraction of sp³-hybridized carbons (Fsp3) is 0.379. The zero-order chi connectivity index (χ0) is 28.3. The van der Waals surface area contributed by atoms with Crippen LogP contribution >= 0.6 is 0 Å². The van der Waals surface area contributed by atoms with Crippen LogP contribution in [0.2, 0.25) is 0 Å². The molecule has 0 amide bonds. The van der Waals surface area contributed by atoms with Gasteiger partial charge in [-0.2, -0.15) is 0 Å². The summed E-state index contributed by atoms with van der Waals surface area (Å²) in [5, 5.41) is 3.71. The van der Waals surface area contributed by atoms with Crippen LogP contribution in [0, 0.1) is 11.6 Å². The molecule has 11 heteroatoms. The molecule has 0 aromatic heterocycles. The van der Waals surface area contributed by atoms with Crippen molar-refractivity contribution in [3.8, 4) is 11.5 Å². The van der Waals surface area contributed by atoms with Gasteiger partial charge < -0.3 is 24.4 Å². The lowest BCUT2D eigenvalue weighted by Gasteiger charge is -2.53. The van der Waals surface area contributed by atoms with Gasteiger partial charge in [-0.1, -0.05) is 12.1 Å². The van der Waals surface area contributed by atoms with Crippen LogP contribution in [-0.2, 0) is 17.8 Å². The van der Waals surface area contributed by atoms with Crippen LogP contribution in [0.4, 0.5) is 33.3 Å². The predicted molar refractivity (Wildman–Crippen MR) is 140 cm³/mol. The second-order valence-corrected chi connectivity index (χ2v) is 9.97. The summed E-state index contributed by atoms with van der Waals surface area (Å²) in [6, 6.07) is 15.6. The first kappa shape index (κ1) is 28.0. The number of hydrogen-bond acceptors (Lipinski definition) is 6. The number of methoxy groups -OCH3 is 1. The van der Waals surface area contributed by atoms with Crippen molar-refractivity contribution in [2.45, 2.75) is 38.0 Å². The van der Waals surface area contributed by atoms with Gasteiger partial charge in [0.15, 0.2) is 11.6 Å². The van der Waals surface area contributed by atoms with Crippen molar-refractivity contribution < 1.29 is 36.2 Å². The number of alkyl halides is 3. The fourth-order valence-corrected chi connectivity index (χ4v) is 5.32. The molecule has 5 rings (SSSR count). The highest BCUT2D eigenvalue weighted by Crippen LogP contribution is 2.42. The SMILES string of the molecule is COCCOc1ccc2c(c1)NC1(CCN(Cc3ccc(F)c(F)c3)CC1)N(c1ccc(OC(F)(F)F)cc1)C2. The van der Waals surface area contributed by atoms with Gasteiger partial charge in [0.1, 0.15) is 23.8 Å². The molecule has 3 aromatic rings. The average molecular weight is 564 g/mol. The maximum absolute atomic E-state index is 13.7. The lowest BCUT2D eigenvalue weighted by Crippen LogP contribution is -2.62. The highest BCUT2D eigenvalue weighted by Gasteiger charge is 2.43. The largest absolute Gasteiger partial charge is 0.573 e. The van der Waals surface area contributed by atoms with Crippen LogP contribution in [0.3, 0.4) is 0 Å². The van der Waals surface area contributed by atoms with Crippen molar-refractivity contribution in [3.63, 3.8) is 0 Å². The van der Waals surface area contributed by atoms with E-state index in [-0.39, 0.29) is 5.75 Å².